The van der Waals surface area contributed by atoms with E-state index in [9.17, 15) is 17.9 Å². The zero-order chi connectivity index (χ0) is 23.1. The quantitative estimate of drug-likeness (QED) is 0.579. The largest absolute Gasteiger partial charge is 0.755 e. The Morgan fingerprint density at radius 3 is 2.32 bits per heavy atom. The first-order chi connectivity index (χ1) is 14.4. The zero-order valence-corrected chi connectivity index (χ0v) is 18.8. The number of benzene rings is 2. The zero-order valence-electron chi connectivity index (χ0n) is 17.2. The van der Waals surface area contributed by atoms with Crippen LogP contribution >= 0.6 is 11.6 Å². The van der Waals surface area contributed by atoms with Crippen LogP contribution in [0.2, 0.25) is 5.02 Å². The van der Waals surface area contributed by atoms with Gasteiger partial charge in [-0.1, -0.05) is 44.5 Å². The van der Waals surface area contributed by atoms with E-state index in [2.05, 4.69) is 10.2 Å². The van der Waals surface area contributed by atoms with Crippen molar-refractivity contribution in [1.29, 1.82) is 0 Å². The van der Waals surface area contributed by atoms with Crippen molar-refractivity contribution in [3.8, 4) is 11.4 Å². The van der Waals surface area contributed by atoms with Gasteiger partial charge in [0.25, 0.3) is 5.91 Å². The summed E-state index contributed by atoms with van der Waals surface area (Å²) >= 11 is 3.15. The van der Waals surface area contributed by atoms with E-state index in [0.29, 0.717) is 0 Å². The number of nitrogens with zero attached hydrogens (tertiary/aromatic N) is 4. The average Bonchev–Trinajstić information content (AvgIpc) is 3.05. The molecule has 0 fully saturated rings. The van der Waals surface area contributed by atoms with Crippen molar-refractivity contribution in [2.24, 2.45) is 12.8 Å². The van der Waals surface area contributed by atoms with Crippen LogP contribution in [0.1, 0.15) is 37.0 Å². The predicted octanol–water partition coefficient (Wildman–Crippen LogP) is 3.60. The van der Waals surface area contributed by atoms with Gasteiger partial charge in [-0.3, -0.25) is 13.3 Å². The van der Waals surface area contributed by atoms with E-state index in [-0.39, 0.29) is 39.0 Å². The van der Waals surface area contributed by atoms with Gasteiger partial charge in [-0.25, -0.2) is 4.39 Å². The number of amides is 1. The van der Waals surface area contributed by atoms with E-state index >= 15 is 0 Å². The fourth-order valence-electron chi connectivity index (χ4n) is 3.06. The highest BCUT2D eigenvalue weighted by molar-refractivity contribution is 7.81. The molecule has 0 bridgehead atoms. The van der Waals surface area contributed by atoms with Gasteiger partial charge < -0.3 is 14.9 Å². The van der Waals surface area contributed by atoms with Gasteiger partial charge >= 0.3 is 0 Å². The molecule has 2 N–H and O–H groups in total. The number of carbonyl (C=O) groups excluding carboxylic acids is 1. The lowest BCUT2D eigenvalue weighted by molar-refractivity contribution is 0.0987. The summed E-state index contributed by atoms with van der Waals surface area (Å²) < 4.78 is 41.0. The van der Waals surface area contributed by atoms with E-state index < -0.39 is 23.0 Å². The second-order valence-electron chi connectivity index (χ2n) is 7.86. The minimum atomic E-state index is -2.82. The molecule has 3 rings (SSSR count). The minimum Gasteiger partial charge on any atom is -0.755 e. The molecule has 1 amide bonds. The van der Waals surface area contributed by atoms with E-state index in [4.69, 9.17) is 17.3 Å². The SMILES string of the molecule is Cn1c(C(N)=O)nnc1-c1cc(Cl)c(F)cc1N(c1ccc(C(C)(C)C)cc1)S(=O)[O-]. The molecule has 31 heavy (non-hydrogen) atoms. The van der Waals surface area contributed by atoms with Gasteiger partial charge in [-0.05, 0) is 29.2 Å². The van der Waals surface area contributed by atoms with Crippen LogP contribution < -0.4 is 10.0 Å². The Balaban J connectivity index is 2.23. The molecule has 0 radical (unpaired) electrons. The van der Waals surface area contributed by atoms with Crippen molar-refractivity contribution < 1.29 is 17.9 Å². The number of rotatable bonds is 5. The smallest absolute Gasteiger partial charge is 0.286 e. The molecule has 1 aromatic heterocycles. The molecule has 0 spiro atoms. The number of nitrogens with two attached hydrogens (primary N) is 1. The Hall–Kier alpha value is -2.82. The van der Waals surface area contributed by atoms with Gasteiger partial charge in [0.05, 0.1) is 27.7 Å². The molecule has 11 heteroatoms. The summed E-state index contributed by atoms with van der Waals surface area (Å²) in [5.74, 6) is -1.70. The third-order valence-electron chi connectivity index (χ3n) is 4.71. The minimum absolute atomic E-state index is 0.0507. The summed E-state index contributed by atoms with van der Waals surface area (Å²) in [5.41, 5.74) is 6.53. The Labute approximate surface area is 186 Å². The van der Waals surface area contributed by atoms with Crippen molar-refractivity contribution in [3.63, 3.8) is 0 Å². The number of primary amides is 1. The van der Waals surface area contributed by atoms with E-state index in [1.165, 1.54) is 17.7 Å². The fraction of sp³-hybridized carbons (Fsp3) is 0.250. The third-order valence-corrected chi connectivity index (χ3v) is 5.71. The number of hydrogen-bond donors (Lipinski definition) is 1. The Bertz CT molecular complexity index is 1170. The maximum atomic E-state index is 14.4. The number of carbonyl (C=O) groups is 1. The molecular formula is C20H20ClFN5O3S-. The summed E-state index contributed by atoms with van der Waals surface area (Å²) in [6.07, 6.45) is 0. The average molecular weight is 465 g/mol. The lowest BCUT2D eigenvalue weighted by atomic mass is 9.87. The second kappa shape index (κ2) is 8.37. The van der Waals surface area contributed by atoms with Crippen LogP contribution in [-0.4, -0.2) is 29.4 Å². The molecule has 0 aliphatic carbocycles. The molecule has 164 valence electrons. The van der Waals surface area contributed by atoms with Gasteiger partial charge in [-0.2, -0.15) is 0 Å². The van der Waals surface area contributed by atoms with E-state index in [0.717, 1.165) is 15.9 Å². The van der Waals surface area contributed by atoms with Crippen molar-refractivity contribution in [3.05, 3.63) is 58.6 Å². The van der Waals surface area contributed by atoms with Crippen LogP contribution in [0.3, 0.4) is 0 Å². The van der Waals surface area contributed by atoms with Crippen LogP contribution in [-0.2, 0) is 23.7 Å². The van der Waals surface area contributed by atoms with Crippen molar-refractivity contribution >= 4 is 40.1 Å². The lowest BCUT2D eigenvalue weighted by Crippen LogP contribution is -2.21. The van der Waals surface area contributed by atoms with Gasteiger partial charge in [0.1, 0.15) is 5.82 Å². The van der Waals surface area contributed by atoms with Gasteiger partial charge in [0.2, 0.25) is 5.82 Å². The van der Waals surface area contributed by atoms with Crippen LogP contribution in [0, 0.1) is 5.82 Å². The third kappa shape index (κ3) is 4.46. The number of hydrogen-bond acceptors (Lipinski definition) is 5. The number of halogens is 2. The summed E-state index contributed by atoms with van der Waals surface area (Å²) in [5, 5.41) is 7.41. The van der Waals surface area contributed by atoms with Crippen LogP contribution in [0.4, 0.5) is 15.8 Å². The highest BCUT2D eigenvalue weighted by Gasteiger charge is 2.24. The molecule has 0 aliphatic heterocycles. The number of aromatic nitrogens is 3. The van der Waals surface area contributed by atoms with E-state index in [1.807, 2.05) is 20.8 Å². The van der Waals surface area contributed by atoms with Crippen LogP contribution in [0.5, 0.6) is 0 Å². The van der Waals surface area contributed by atoms with Crippen molar-refractivity contribution in [2.75, 3.05) is 4.31 Å². The molecule has 3 aromatic rings. The topological polar surface area (TPSA) is 117 Å². The molecule has 2 aromatic carbocycles. The van der Waals surface area contributed by atoms with Gasteiger partial charge in [-0.15, -0.1) is 10.2 Å². The maximum Gasteiger partial charge on any atom is 0.286 e. The Morgan fingerprint density at radius 2 is 1.84 bits per heavy atom. The molecule has 8 nitrogen and oxygen atoms in total. The van der Waals surface area contributed by atoms with Crippen molar-refractivity contribution in [1.82, 2.24) is 14.8 Å². The molecular weight excluding hydrogens is 445 g/mol. The first-order valence-electron chi connectivity index (χ1n) is 9.10. The fourth-order valence-corrected chi connectivity index (χ4v) is 3.83. The normalized spacial score (nSPS) is 12.6. The highest BCUT2D eigenvalue weighted by atomic mass is 35.5. The van der Waals surface area contributed by atoms with Crippen LogP contribution in [0.25, 0.3) is 11.4 Å². The molecule has 1 atom stereocenters. The maximum absolute atomic E-state index is 14.4. The monoisotopic (exact) mass is 464 g/mol. The Kier molecular flexibility index (Phi) is 6.17. The molecule has 1 unspecified atom stereocenters. The van der Waals surface area contributed by atoms with Gasteiger partial charge in [0.15, 0.2) is 5.82 Å². The van der Waals surface area contributed by atoms with Gasteiger partial charge in [0, 0.05) is 18.7 Å². The summed E-state index contributed by atoms with van der Waals surface area (Å²) in [6.45, 7) is 6.09. The summed E-state index contributed by atoms with van der Waals surface area (Å²) in [7, 11) is 1.48. The lowest BCUT2D eigenvalue weighted by Gasteiger charge is -2.29. The first-order valence-corrected chi connectivity index (χ1v) is 10.5. The van der Waals surface area contributed by atoms with E-state index in [1.54, 1.807) is 24.3 Å². The number of anilines is 2. The first kappa shape index (κ1) is 22.9. The second-order valence-corrected chi connectivity index (χ2v) is 9.07. The summed E-state index contributed by atoms with van der Waals surface area (Å²) in [4.78, 5) is 11.6. The highest BCUT2D eigenvalue weighted by Crippen LogP contribution is 2.39. The molecule has 0 aliphatic rings. The molecule has 0 saturated carbocycles. The van der Waals surface area contributed by atoms with Crippen LogP contribution in [0.15, 0.2) is 36.4 Å². The standard InChI is InChI=1S/C20H21ClFN5O3S/c1-20(2,3)11-5-7-12(8-6-11)27(31(29)30)16-10-15(22)14(21)9-13(16)18-24-25-19(17(23)28)26(18)4/h5-10H,1-4H3,(H2,23,28)(H,29,30)/p-1. The molecule has 1 heterocycles. The predicted molar refractivity (Wildman–Crippen MR) is 116 cm³/mol. The molecule has 0 saturated heterocycles. The van der Waals surface area contributed by atoms with Crippen molar-refractivity contribution in [2.45, 2.75) is 26.2 Å². The summed E-state index contributed by atoms with van der Waals surface area (Å²) in [6, 6.07) is 9.06. The Morgan fingerprint density at radius 1 is 1.23 bits per heavy atom.